The largest absolute Gasteiger partial charge is 0.491 e. The van der Waals surface area contributed by atoms with Gasteiger partial charge in [-0.3, -0.25) is 4.90 Å². The van der Waals surface area contributed by atoms with Gasteiger partial charge in [0, 0.05) is 6.54 Å². The molecule has 3 heteroatoms. The molecule has 17 heavy (non-hydrogen) atoms. The average Bonchev–Trinajstić information content (AvgIpc) is 2.35. The van der Waals surface area contributed by atoms with E-state index in [4.69, 9.17) is 16.3 Å². The van der Waals surface area contributed by atoms with Gasteiger partial charge in [-0.15, -0.1) is 0 Å². The Kier molecular flexibility index (Phi) is 4.69. The molecule has 1 aromatic carbocycles. The van der Waals surface area contributed by atoms with Crippen LogP contribution in [0.4, 0.5) is 0 Å². The van der Waals surface area contributed by atoms with Crippen molar-refractivity contribution >= 4 is 11.6 Å². The van der Waals surface area contributed by atoms with Crippen LogP contribution >= 0.6 is 11.6 Å². The van der Waals surface area contributed by atoms with Crippen molar-refractivity contribution in [1.29, 1.82) is 0 Å². The monoisotopic (exact) mass is 253 g/mol. The molecule has 2 nitrogen and oxygen atoms in total. The molecule has 1 fully saturated rings. The van der Waals surface area contributed by atoms with Gasteiger partial charge in [0.15, 0.2) is 0 Å². The van der Waals surface area contributed by atoms with Gasteiger partial charge in [0.05, 0.1) is 5.02 Å². The van der Waals surface area contributed by atoms with Gasteiger partial charge in [-0.1, -0.05) is 24.1 Å². The van der Waals surface area contributed by atoms with E-state index >= 15 is 0 Å². The van der Waals surface area contributed by atoms with Crippen molar-refractivity contribution in [3.8, 4) is 5.75 Å². The van der Waals surface area contributed by atoms with E-state index in [1.807, 2.05) is 25.1 Å². The van der Waals surface area contributed by atoms with Crippen molar-refractivity contribution in [2.75, 3.05) is 26.2 Å². The van der Waals surface area contributed by atoms with Crippen molar-refractivity contribution < 1.29 is 4.74 Å². The third-order valence-corrected chi connectivity index (χ3v) is 3.51. The topological polar surface area (TPSA) is 12.5 Å². The van der Waals surface area contributed by atoms with Crippen molar-refractivity contribution in [2.24, 2.45) is 0 Å². The maximum absolute atomic E-state index is 6.08. The number of hydrogen-bond donors (Lipinski definition) is 0. The number of rotatable bonds is 4. The summed E-state index contributed by atoms with van der Waals surface area (Å²) in [5.41, 5.74) is 1.18. The number of halogens is 1. The molecule has 0 bridgehead atoms. The zero-order valence-electron chi connectivity index (χ0n) is 10.4. The van der Waals surface area contributed by atoms with E-state index in [2.05, 4.69) is 4.90 Å². The molecule has 94 valence electrons. The Morgan fingerprint density at radius 3 is 2.76 bits per heavy atom. The van der Waals surface area contributed by atoms with Crippen molar-refractivity contribution in [2.45, 2.75) is 26.2 Å². The molecular weight excluding hydrogens is 234 g/mol. The molecule has 0 amide bonds. The number of ether oxygens (including phenoxy) is 1. The zero-order valence-corrected chi connectivity index (χ0v) is 11.2. The van der Waals surface area contributed by atoms with Crippen LogP contribution in [-0.2, 0) is 0 Å². The molecule has 0 unspecified atom stereocenters. The predicted molar refractivity (Wildman–Crippen MR) is 72.0 cm³/mol. The molecule has 1 aliphatic rings. The molecule has 0 aromatic heterocycles. The summed E-state index contributed by atoms with van der Waals surface area (Å²) in [6.45, 7) is 6.21. The van der Waals surface area contributed by atoms with Gasteiger partial charge >= 0.3 is 0 Å². The highest BCUT2D eigenvalue weighted by molar-refractivity contribution is 6.32. The lowest BCUT2D eigenvalue weighted by Crippen LogP contribution is -2.33. The molecule has 1 heterocycles. The first-order chi connectivity index (χ1) is 8.25. The Bertz CT molecular complexity index is 361. The second kappa shape index (κ2) is 6.27. The zero-order chi connectivity index (χ0) is 12.1. The maximum Gasteiger partial charge on any atom is 0.138 e. The molecule has 1 saturated heterocycles. The summed E-state index contributed by atoms with van der Waals surface area (Å²) < 4.78 is 5.75. The molecule has 2 rings (SSSR count). The summed E-state index contributed by atoms with van der Waals surface area (Å²) in [6.07, 6.45) is 4.03. The van der Waals surface area contributed by atoms with Crippen LogP contribution in [0, 0.1) is 6.92 Å². The first kappa shape index (κ1) is 12.7. The highest BCUT2D eigenvalue weighted by Crippen LogP contribution is 2.25. The summed E-state index contributed by atoms with van der Waals surface area (Å²) >= 11 is 6.08. The molecule has 0 aliphatic carbocycles. The second-order valence-electron chi connectivity index (χ2n) is 4.68. The molecule has 0 saturated carbocycles. The van der Waals surface area contributed by atoms with Crippen LogP contribution in [0.15, 0.2) is 18.2 Å². The summed E-state index contributed by atoms with van der Waals surface area (Å²) in [5, 5.41) is 0.703. The fourth-order valence-electron chi connectivity index (χ4n) is 2.19. The minimum absolute atomic E-state index is 0.703. The van der Waals surface area contributed by atoms with E-state index in [1.54, 1.807) is 0 Å². The lowest BCUT2D eigenvalue weighted by atomic mass is 10.1. The van der Waals surface area contributed by atoms with Crippen LogP contribution < -0.4 is 4.74 Å². The normalized spacial score (nSPS) is 17.1. The Balaban J connectivity index is 1.79. The first-order valence-corrected chi connectivity index (χ1v) is 6.75. The second-order valence-corrected chi connectivity index (χ2v) is 5.09. The molecule has 0 N–H and O–H groups in total. The Labute approximate surface area is 109 Å². The van der Waals surface area contributed by atoms with Crippen molar-refractivity contribution in [3.63, 3.8) is 0 Å². The average molecular weight is 254 g/mol. The van der Waals surface area contributed by atoms with Crippen LogP contribution in [0.3, 0.4) is 0 Å². The molecule has 0 spiro atoms. The van der Waals surface area contributed by atoms with Crippen LogP contribution in [0.5, 0.6) is 5.75 Å². The smallest absolute Gasteiger partial charge is 0.138 e. The Morgan fingerprint density at radius 1 is 1.24 bits per heavy atom. The number of hydrogen-bond acceptors (Lipinski definition) is 2. The lowest BCUT2D eigenvalue weighted by Gasteiger charge is -2.26. The van der Waals surface area contributed by atoms with Gasteiger partial charge in [0.1, 0.15) is 12.4 Å². The molecule has 0 radical (unpaired) electrons. The van der Waals surface area contributed by atoms with E-state index in [9.17, 15) is 0 Å². The Hall–Kier alpha value is -0.730. The molecule has 1 aliphatic heterocycles. The van der Waals surface area contributed by atoms with Gasteiger partial charge in [0.2, 0.25) is 0 Å². The van der Waals surface area contributed by atoms with E-state index < -0.39 is 0 Å². The first-order valence-electron chi connectivity index (χ1n) is 6.37. The molecular formula is C14H20ClNO. The van der Waals surface area contributed by atoms with Crippen molar-refractivity contribution in [1.82, 2.24) is 4.90 Å². The van der Waals surface area contributed by atoms with Gasteiger partial charge in [-0.2, -0.15) is 0 Å². The van der Waals surface area contributed by atoms with Gasteiger partial charge in [-0.25, -0.2) is 0 Å². The van der Waals surface area contributed by atoms with Crippen molar-refractivity contribution in [3.05, 3.63) is 28.8 Å². The van der Waals surface area contributed by atoms with E-state index in [1.165, 1.54) is 37.9 Å². The van der Waals surface area contributed by atoms with Gasteiger partial charge in [-0.05, 0) is 50.6 Å². The standard InChI is InChI=1S/C14H20ClNO/c1-12-5-6-13(15)14(11-12)17-10-9-16-7-3-2-4-8-16/h5-6,11H,2-4,7-10H2,1H3. The third kappa shape index (κ3) is 3.90. The van der Waals surface area contributed by atoms with Gasteiger partial charge in [0.25, 0.3) is 0 Å². The minimum atomic E-state index is 0.703. The number of nitrogens with zero attached hydrogens (tertiary/aromatic N) is 1. The van der Waals surface area contributed by atoms with Crippen LogP contribution in [0.25, 0.3) is 0 Å². The maximum atomic E-state index is 6.08. The van der Waals surface area contributed by atoms with E-state index in [0.29, 0.717) is 5.02 Å². The number of benzene rings is 1. The lowest BCUT2D eigenvalue weighted by molar-refractivity contribution is 0.183. The van der Waals surface area contributed by atoms with Crippen LogP contribution in [0.2, 0.25) is 5.02 Å². The fraction of sp³-hybridized carbons (Fsp3) is 0.571. The summed E-state index contributed by atoms with van der Waals surface area (Å²) in [4.78, 5) is 2.47. The fourth-order valence-corrected chi connectivity index (χ4v) is 2.36. The summed E-state index contributed by atoms with van der Waals surface area (Å²) in [7, 11) is 0. The van der Waals surface area contributed by atoms with E-state index in [-0.39, 0.29) is 0 Å². The summed E-state index contributed by atoms with van der Waals surface area (Å²) in [5.74, 6) is 0.809. The minimum Gasteiger partial charge on any atom is -0.491 e. The number of likely N-dealkylation sites (tertiary alicyclic amines) is 1. The number of piperidine rings is 1. The SMILES string of the molecule is Cc1ccc(Cl)c(OCCN2CCCCC2)c1. The van der Waals surface area contributed by atoms with Crippen LogP contribution in [0.1, 0.15) is 24.8 Å². The predicted octanol–water partition coefficient (Wildman–Crippen LogP) is 3.51. The quantitative estimate of drug-likeness (QED) is 0.814. The highest BCUT2D eigenvalue weighted by Gasteiger charge is 2.10. The Morgan fingerprint density at radius 2 is 2.00 bits per heavy atom. The molecule has 1 aromatic rings. The van der Waals surface area contributed by atoms with Crippen LogP contribution in [-0.4, -0.2) is 31.1 Å². The molecule has 0 atom stereocenters. The third-order valence-electron chi connectivity index (χ3n) is 3.20. The summed E-state index contributed by atoms with van der Waals surface area (Å²) in [6, 6.07) is 5.89. The van der Waals surface area contributed by atoms with E-state index in [0.717, 1.165) is 18.9 Å². The highest BCUT2D eigenvalue weighted by atomic mass is 35.5. The van der Waals surface area contributed by atoms with Gasteiger partial charge < -0.3 is 4.74 Å². The number of aryl methyl sites for hydroxylation is 1.